The van der Waals surface area contributed by atoms with Crippen LogP contribution in [-0.2, 0) is 13.1 Å². The zero-order chi connectivity index (χ0) is 14.5. The van der Waals surface area contributed by atoms with Crippen LogP contribution in [-0.4, -0.2) is 26.5 Å². The Labute approximate surface area is 128 Å². The predicted octanol–water partition coefficient (Wildman–Crippen LogP) is 2.76. The maximum absolute atomic E-state index is 4.24. The van der Waals surface area contributed by atoms with E-state index in [0.717, 1.165) is 25.3 Å². The van der Waals surface area contributed by atoms with Crippen molar-refractivity contribution < 1.29 is 0 Å². The van der Waals surface area contributed by atoms with Gasteiger partial charge in [-0.3, -0.25) is 9.78 Å². The number of hydrogen-bond acceptors (Lipinski definition) is 4. The predicted molar refractivity (Wildman–Crippen MR) is 85.0 cm³/mol. The first-order chi connectivity index (χ1) is 10.3. The number of nitrogens with zero attached hydrogens (tertiary/aromatic N) is 3. The monoisotopic (exact) mass is 301 g/mol. The highest BCUT2D eigenvalue weighted by Gasteiger charge is 2.09. The molecule has 2 N–H and O–H groups in total. The minimum atomic E-state index is 0.530. The van der Waals surface area contributed by atoms with Crippen LogP contribution in [0.4, 0.5) is 0 Å². The highest BCUT2D eigenvalue weighted by Crippen LogP contribution is 2.25. The summed E-state index contributed by atoms with van der Waals surface area (Å²) in [5.74, 6) is 0.530. The van der Waals surface area contributed by atoms with E-state index in [2.05, 4.69) is 45.0 Å². The molecule has 3 heterocycles. The molecule has 0 saturated carbocycles. The van der Waals surface area contributed by atoms with Crippen molar-refractivity contribution in [3.05, 3.63) is 47.7 Å². The molecule has 0 bridgehead atoms. The Morgan fingerprint density at radius 3 is 3.14 bits per heavy atom. The summed E-state index contributed by atoms with van der Waals surface area (Å²) in [7, 11) is 0. The summed E-state index contributed by atoms with van der Waals surface area (Å²) in [5.41, 5.74) is 2.33. The van der Waals surface area contributed by atoms with Gasteiger partial charge in [0.1, 0.15) is 0 Å². The number of hydrogen-bond donors (Lipinski definition) is 2. The van der Waals surface area contributed by atoms with Crippen molar-refractivity contribution in [3.8, 4) is 10.6 Å². The molecule has 0 spiro atoms. The topological polar surface area (TPSA) is 58.5 Å². The Balaban J connectivity index is 1.51. The standard InChI is InChI=1S/C15H19N5S/c1-12(11-20-6-3-5-18-20)8-16-9-13-10-17-19-15(13)14-4-2-7-21-14/h2-7,10,12,16H,8-9,11H2,1H3,(H,17,19)/t12-/m0/s1. The molecular weight excluding hydrogens is 282 g/mol. The quantitative estimate of drug-likeness (QED) is 0.705. The van der Waals surface area contributed by atoms with Gasteiger partial charge in [0.05, 0.1) is 16.8 Å². The van der Waals surface area contributed by atoms with Crippen molar-refractivity contribution in [2.24, 2.45) is 5.92 Å². The molecule has 3 aromatic rings. The van der Waals surface area contributed by atoms with Crippen LogP contribution in [0.5, 0.6) is 0 Å². The van der Waals surface area contributed by atoms with Crippen LogP contribution in [0.2, 0.25) is 0 Å². The molecular formula is C15H19N5S. The Bertz CT molecular complexity index is 641. The molecule has 0 aliphatic rings. The molecule has 0 aromatic carbocycles. The third-order valence-corrected chi connectivity index (χ3v) is 4.24. The second-order valence-corrected chi connectivity index (χ2v) is 6.16. The number of rotatable bonds is 7. The van der Waals surface area contributed by atoms with Gasteiger partial charge in [-0.15, -0.1) is 11.3 Å². The van der Waals surface area contributed by atoms with Crippen LogP contribution in [0.3, 0.4) is 0 Å². The van der Waals surface area contributed by atoms with Crippen LogP contribution in [0.1, 0.15) is 12.5 Å². The second-order valence-electron chi connectivity index (χ2n) is 5.21. The van der Waals surface area contributed by atoms with E-state index in [4.69, 9.17) is 0 Å². The van der Waals surface area contributed by atoms with Gasteiger partial charge >= 0.3 is 0 Å². The normalized spacial score (nSPS) is 12.6. The van der Waals surface area contributed by atoms with E-state index < -0.39 is 0 Å². The van der Waals surface area contributed by atoms with E-state index in [-0.39, 0.29) is 0 Å². The summed E-state index contributed by atoms with van der Waals surface area (Å²) in [6.07, 6.45) is 5.72. The molecule has 0 radical (unpaired) electrons. The molecule has 6 heteroatoms. The molecule has 0 saturated heterocycles. The number of H-pyrrole nitrogens is 1. The van der Waals surface area contributed by atoms with Gasteiger partial charge in [-0.25, -0.2) is 0 Å². The number of nitrogens with one attached hydrogen (secondary N) is 2. The molecule has 0 aliphatic carbocycles. The summed E-state index contributed by atoms with van der Waals surface area (Å²) >= 11 is 1.73. The van der Waals surface area contributed by atoms with Gasteiger partial charge in [0.15, 0.2) is 0 Å². The van der Waals surface area contributed by atoms with Crippen molar-refractivity contribution in [2.45, 2.75) is 20.0 Å². The fraction of sp³-hybridized carbons (Fsp3) is 0.333. The van der Waals surface area contributed by atoms with Gasteiger partial charge < -0.3 is 5.32 Å². The minimum Gasteiger partial charge on any atom is -0.312 e. The first-order valence-corrected chi connectivity index (χ1v) is 7.95. The fourth-order valence-corrected chi connectivity index (χ4v) is 3.08. The molecule has 1 atom stereocenters. The highest BCUT2D eigenvalue weighted by molar-refractivity contribution is 7.13. The molecule has 3 rings (SSSR count). The molecule has 3 aromatic heterocycles. The molecule has 0 unspecified atom stereocenters. The Morgan fingerprint density at radius 1 is 1.43 bits per heavy atom. The first-order valence-electron chi connectivity index (χ1n) is 7.07. The largest absolute Gasteiger partial charge is 0.312 e. The molecule has 110 valence electrons. The van der Waals surface area contributed by atoms with Crippen LogP contribution in [0.25, 0.3) is 10.6 Å². The SMILES string of the molecule is C[C@@H](CNCc1cn[nH]c1-c1cccs1)Cn1cccn1. The summed E-state index contributed by atoms with van der Waals surface area (Å²) in [4.78, 5) is 1.23. The van der Waals surface area contributed by atoms with Crippen molar-refractivity contribution in [3.63, 3.8) is 0 Å². The lowest BCUT2D eigenvalue weighted by Crippen LogP contribution is -2.24. The number of thiophene rings is 1. The maximum Gasteiger partial charge on any atom is 0.0794 e. The first kappa shape index (κ1) is 14.0. The van der Waals surface area contributed by atoms with E-state index in [9.17, 15) is 0 Å². The second kappa shape index (κ2) is 6.69. The smallest absolute Gasteiger partial charge is 0.0794 e. The lowest BCUT2D eigenvalue weighted by Gasteiger charge is -2.12. The lowest BCUT2D eigenvalue weighted by atomic mass is 10.1. The summed E-state index contributed by atoms with van der Waals surface area (Å²) in [6, 6.07) is 6.13. The maximum atomic E-state index is 4.24. The Morgan fingerprint density at radius 2 is 2.38 bits per heavy atom. The Hall–Kier alpha value is -1.92. The minimum absolute atomic E-state index is 0.530. The molecule has 0 fully saturated rings. The van der Waals surface area contributed by atoms with Crippen LogP contribution in [0.15, 0.2) is 42.2 Å². The molecule has 0 aliphatic heterocycles. The zero-order valence-electron chi connectivity index (χ0n) is 12.0. The third kappa shape index (κ3) is 3.59. The summed E-state index contributed by atoms with van der Waals surface area (Å²) in [6.45, 7) is 4.94. The van der Waals surface area contributed by atoms with E-state index >= 15 is 0 Å². The summed E-state index contributed by atoms with van der Waals surface area (Å²) < 4.78 is 1.97. The van der Waals surface area contributed by atoms with Gasteiger partial charge in [-0.05, 0) is 30.0 Å². The Kier molecular flexibility index (Phi) is 4.47. The van der Waals surface area contributed by atoms with Crippen molar-refractivity contribution in [2.75, 3.05) is 6.54 Å². The number of aromatic amines is 1. The van der Waals surface area contributed by atoms with E-state index in [1.54, 1.807) is 11.3 Å². The zero-order valence-corrected chi connectivity index (χ0v) is 12.8. The molecule has 0 amide bonds. The van der Waals surface area contributed by atoms with Gasteiger partial charge in [0.2, 0.25) is 0 Å². The lowest BCUT2D eigenvalue weighted by molar-refractivity contribution is 0.422. The van der Waals surface area contributed by atoms with Crippen LogP contribution < -0.4 is 5.32 Å². The van der Waals surface area contributed by atoms with E-state index in [1.165, 1.54) is 10.4 Å². The van der Waals surface area contributed by atoms with Crippen molar-refractivity contribution >= 4 is 11.3 Å². The van der Waals surface area contributed by atoms with E-state index in [0.29, 0.717) is 5.92 Å². The van der Waals surface area contributed by atoms with Gasteiger partial charge in [0, 0.05) is 31.0 Å². The number of aromatic nitrogens is 4. The van der Waals surface area contributed by atoms with Crippen molar-refractivity contribution in [1.82, 2.24) is 25.3 Å². The van der Waals surface area contributed by atoms with E-state index in [1.807, 2.05) is 29.3 Å². The van der Waals surface area contributed by atoms with Gasteiger partial charge in [0.25, 0.3) is 0 Å². The van der Waals surface area contributed by atoms with Crippen LogP contribution in [0, 0.1) is 5.92 Å². The van der Waals surface area contributed by atoms with Gasteiger partial charge in [-0.2, -0.15) is 10.2 Å². The molecule has 5 nitrogen and oxygen atoms in total. The highest BCUT2D eigenvalue weighted by atomic mass is 32.1. The van der Waals surface area contributed by atoms with Crippen LogP contribution >= 0.6 is 11.3 Å². The van der Waals surface area contributed by atoms with Crippen molar-refractivity contribution in [1.29, 1.82) is 0 Å². The average molecular weight is 301 g/mol. The summed E-state index contributed by atoms with van der Waals surface area (Å²) in [5, 5.41) is 17.1. The average Bonchev–Trinajstić information content (AvgIpc) is 3.20. The fourth-order valence-electron chi connectivity index (χ4n) is 2.32. The van der Waals surface area contributed by atoms with Gasteiger partial charge in [-0.1, -0.05) is 13.0 Å². The third-order valence-electron chi connectivity index (χ3n) is 3.35. The molecule has 21 heavy (non-hydrogen) atoms.